The Labute approximate surface area is 117 Å². The number of fused-ring (bicyclic) bond motifs is 1. The molecule has 1 aromatic heterocycles. The number of nitrogens with zero attached hydrogens (tertiary/aromatic N) is 2. The Balaban J connectivity index is 1.73. The number of carboxylic acid groups (broad SMARTS) is 1. The maximum Gasteiger partial charge on any atom is 0.335 e. The monoisotopic (exact) mass is 274 g/mol. The van der Waals surface area contributed by atoms with Gasteiger partial charge in [-0.25, -0.2) is 4.79 Å². The van der Waals surface area contributed by atoms with Crippen molar-refractivity contribution in [1.29, 1.82) is 0 Å². The molecule has 5 heteroatoms. The largest absolute Gasteiger partial charge is 0.478 e. The van der Waals surface area contributed by atoms with Crippen LogP contribution in [-0.2, 0) is 11.3 Å². The molecule has 0 radical (unpaired) electrons. The molecule has 5 nitrogen and oxygen atoms in total. The van der Waals surface area contributed by atoms with Crippen LogP contribution < -0.4 is 0 Å². The Bertz CT molecular complexity index is 615. The van der Waals surface area contributed by atoms with Crippen LogP contribution in [0.3, 0.4) is 0 Å². The van der Waals surface area contributed by atoms with E-state index in [1.165, 1.54) is 0 Å². The van der Waals surface area contributed by atoms with Crippen LogP contribution >= 0.6 is 0 Å². The minimum atomic E-state index is -0.882. The highest BCUT2D eigenvalue weighted by molar-refractivity contribution is 5.93. The average molecular weight is 274 g/mol. The van der Waals surface area contributed by atoms with Crippen LogP contribution in [0.1, 0.15) is 10.4 Å². The lowest BCUT2D eigenvalue weighted by atomic mass is 10.1. The summed E-state index contributed by atoms with van der Waals surface area (Å²) < 4.78 is 7.52. The second-order valence-corrected chi connectivity index (χ2v) is 5.04. The summed E-state index contributed by atoms with van der Waals surface area (Å²) in [7, 11) is 0. The van der Waals surface area contributed by atoms with E-state index in [4.69, 9.17) is 9.84 Å². The predicted molar refractivity (Wildman–Crippen MR) is 76.2 cm³/mol. The fourth-order valence-corrected chi connectivity index (χ4v) is 2.60. The first-order chi connectivity index (χ1) is 9.74. The average Bonchev–Trinajstić information content (AvgIpc) is 2.88. The Kier molecular flexibility index (Phi) is 3.71. The molecule has 106 valence electrons. The van der Waals surface area contributed by atoms with Crippen molar-refractivity contribution in [2.24, 2.45) is 0 Å². The molecule has 0 unspecified atom stereocenters. The molecule has 3 rings (SSSR count). The van der Waals surface area contributed by atoms with Crippen molar-refractivity contribution in [1.82, 2.24) is 9.47 Å². The Morgan fingerprint density at radius 1 is 1.20 bits per heavy atom. The SMILES string of the molecule is O=C(O)c1ccc2c(ccn2CCN2CCOCC2)c1. The summed E-state index contributed by atoms with van der Waals surface area (Å²) in [5.74, 6) is -0.882. The molecule has 0 saturated carbocycles. The predicted octanol–water partition coefficient (Wildman–Crippen LogP) is 1.67. The van der Waals surface area contributed by atoms with Crippen molar-refractivity contribution in [2.75, 3.05) is 32.8 Å². The van der Waals surface area contributed by atoms with Crippen LogP contribution in [0.4, 0.5) is 0 Å². The lowest BCUT2D eigenvalue weighted by Crippen LogP contribution is -2.38. The number of morpholine rings is 1. The normalized spacial score (nSPS) is 16.6. The molecule has 0 bridgehead atoms. The third-order valence-electron chi connectivity index (χ3n) is 3.78. The van der Waals surface area contributed by atoms with Crippen molar-refractivity contribution < 1.29 is 14.6 Å². The molecule has 1 fully saturated rings. The third kappa shape index (κ3) is 2.69. The Morgan fingerprint density at radius 2 is 2.00 bits per heavy atom. The van der Waals surface area contributed by atoms with E-state index in [-0.39, 0.29) is 0 Å². The summed E-state index contributed by atoms with van der Waals surface area (Å²) in [4.78, 5) is 13.3. The topological polar surface area (TPSA) is 54.7 Å². The van der Waals surface area contributed by atoms with E-state index in [1.54, 1.807) is 12.1 Å². The van der Waals surface area contributed by atoms with Crippen LogP contribution in [0, 0.1) is 0 Å². The van der Waals surface area contributed by atoms with E-state index in [0.29, 0.717) is 5.56 Å². The molecule has 2 aromatic rings. The fourth-order valence-electron chi connectivity index (χ4n) is 2.60. The number of carbonyl (C=O) groups is 1. The van der Waals surface area contributed by atoms with Gasteiger partial charge in [-0.05, 0) is 24.3 Å². The smallest absolute Gasteiger partial charge is 0.335 e. The van der Waals surface area contributed by atoms with Crippen molar-refractivity contribution in [3.8, 4) is 0 Å². The second-order valence-electron chi connectivity index (χ2n) is 5.04. The molecule has 1 aromatic carbocycles. The minimum absolute atomic E-state index is 0.337. The number of carboxylic acids is 1. The van der Waals surface area contributed by atoms with Crippen LogP contribution in [0.5, 0.6) is 0 Å². The van der Waals surface area contributed by atoms with Gasteiger partial charge in [0.1, 0.15) is 0 Å². The molecule has 0 amide bonds. The van der Waals surface area contributed by atoms with Crippen molar-refractivity contribution in [3.63, 3.8) is 0 Å². The summed E-state index contributed by atoms with van der Waals surface area (Å²) in [6, 6.07) is 7.25. The standard InChI is InChI=1S/C15H18N2O3/c18-15(19)13-1-2-14-12(11-13)3-4-17(14)6-5-16-7-9-20-10-8-16/h1-4,11H,5-10H2,(H,18,19). The first kappa shape index (κ1) is 13.1. The highest BCUT2D eigenvalue weighted by Crippen LogP contribution is 2.18. The number of rotatable bonds is 4. The molecule has 1 aliphatic rings. The number of hydrogen-bond donors (Lipinski definition) is 1. The first-order valence-corrected chi connectivity index (χ1v) is 6.86. The quantitative estimate of drug-likeness (QED) is 0.921. The van der Waals surface area contributed by atoms with Gasteiger partial charge in [-0.1, -0.05) is 0 Å². The van der Waals surface area contributed by atoms with Gasteiger partial charge in [0.15, 0.2) is 0 Å². The van der Waals surface area contributed by atoms with Crippen molar-refractivity contribution in [2.45, 2.75) is 6.54 Å². The van der Waals surface area contributed by atoms with Gasteiger partial charge < -0.3 is 14.4 Å². The number of ether oxygens (including phenoxy) is 1. The van der Waals surface area contributed by atoms with E-state index < -0.39 is 5.97 Å². The van der Waals surface area contributed by atoms with E-state index >= 15 is 0 Å². The maximum atomic E-state index is 11.0. The van der Waals surface area contributed by atoms with Gasteiger partial charge in [-0.2, -0.15) is 0 Å². The van der Waals surface area contributed by atoms with Gasteiger partial charge in [0.05, 0.1) is 18.8 Å². The van der Waals surface area contributed by atoms with E-state index in [1.807, 2.05) is 18.3 Å². The van der Waals surface area contributed by atoms with Gasteiger partial charge in [-0.3, -0.25) is 4.90 Å². The third-order valence-corrected chi connectivity index (χ3v) is 3.78. The van der Waals surface area contributed by atoms with Crippen molar-refractivity contribution >= 4 is 16.9 Å². The van der Waals surface area contributed by atoms with Gasteiger partial charge in [0.25, 0.3) is 0 Å². The first-order valence-electron chi connectivity index (χ1n) is 6.86. The lowest BCUT2D eigenvalue weighted by Gasteiger charge is -2.26. The molecule has 20 heavy (non-hydrogen) atoms. The lowest BCUT2D eigenvalue weighted by molar-refractivity contribution is 0.0365. The molecule has 0 aliphatic carbocycles. The Hall–Kier alpha value is -1.85. The number of aromatic nitrogens is 1. The Morgan fingerprint density at radius 3 is 2.75 bits per heavy atom. The van der Waals surface area contributed by atoms with Crippen LogP contribution in [-0.4, -0.2) is 53.4 Å². The molecule has 1 N–H and O–H groups in total. The van der Waals surface area contributed by atoms with Crippen LogP contribution in [0.15, 0.2) is 30.5 Å². The second kappa shape index (κ2) is 5.64. The van der Waals surface area contributed by atoms with Crippen molar-refractivity contribution in [3.05, 3.63) is 36.0 Å². The maximum absolute atomic E-state index is 11.0. The van der Waals surface area contributed by atoms with E-state index in [0.717, 1.165) is 50.3 Å². The molecular weight excluding hydrogens is 256 g/mol. The van der Waals surface area contributed by atoms with Crippen LogP contribution in [0.25, 0.3) is 10.9 Å². The zero-order valence-corrected chi connectivity index (χ0v) is 11.3. The van der Waals surface area contributed by atoms with Gasteiger partial charge >= 0.3 is 5.97 Å². The molecule has 2 heterocycles. The minimum Gasteiger partial charge on any atom is -0.478 e. The highest BCUT2D eigenvalue weighted by Gasteiger charge is 2.11. The summed E-state index contributed by atoms with van der Waals surface area (Å²) in [5.41, 5.74) is 1.42. The number of aromatic carboxylic acids is 1. The molecule has 0 atom stereocenters. The van der Waals surface area contributed by atoms with Gasteiger partial charge in [0.2, 0.25) is 0 Å². The van der Waals surface area contributed by atoms with Crippen LogP contribution in [0.2, 0.25) is 0 Å². The van der Waals surface area contributed by atoms with Gasteiger partial charge in [0, 0.05) is 43.3 Å². The van der Waals surface area contributed by atoms with Gasteiger partial charge in [-0.15, -0.1) is 0 Å². The molecule has 0 spiro atoms. The molecule has 1 saturated heterocycles. The van der Waals surface area contributed by atoms with E-state index in [9.17, 15) is 4.79 Å². The number of hydrogen-bond acceptors (Lipinski definition) is 3. The summed E-state index contributed by atoms with van der Waals surface area (Å²) in [5, 5.41) is 9.98. The molecular formula is C15H18N2O3. The summed E-state index contributed by atoms with van der Waals surface area (Å²) >= 11 is 0. The summed E-state index contributed by atoms with van der Waals surface area (Å²) in [6.07, 6.45) is 2.02. The van der Waals surface area contributed by atoms with E-state index in [2.05, 4.69) is 9.47 Å². The zero-order chi connectivity index (χ0) is 13.9. The fraction of sp³-hybridized carbons (Fsp3) is 0.400. The summed E-state index contributed by atoms with van der Waals surface area (Å²) in [6.45, 7) is 5.51. The number of benzene rings is 1. The molecule has 1 aliphatic heterocycles. The highest BCUT2D eigenvalue weighted by atomic mass is 16.5. The zero-order valence-electron chi connectivity index (χ0n) is 11.3.